The largest absolute Gasteiger partial charge is 0.345 e. The first kappa shape index (κ1) is 16.2. The van der Waals surface area contributed by atoms with Crippen molar-refractivity contribution in [1.29, 1.82) is 0 Å². The number of nitrogens with zero attached hydrogens (tertiary/aromatic N) is 1. The van der Waals surface area contributed by atoms with Crippen LogP contribution >= 0.6 is 35.3 Å². The number of benzene rings is 1. The van der Waals surface area contributed by atoms with Gasteiger partial charge in [0.05, 0.1) is 0 Å². The quantitative estimate of drug-likeness (QED) is 0.459. The molecule has 2 aromatic rings. The highest BCUT2D eigenvalue weighted by Gasteiger charge is 2.08. The topological polar surface area (TPSA) is 4.93 Å². The molecule has 0 amide bonds. The first-order chi connectivity index (χ1) is 9.86. The first-order valence-electron chi connectivity index (χ1n) is 7.23. The maximum absolute atomic E-state index is 2.42. The van der Waals surface area contributed by atoms with Crippen molar-refractivity contribution in [3.8, 4) is 0 Å². The molecule has 0 fully saturated rings. The number of rotatable bonds is 9. The van der Waals surface area contributed by atoms with Gasteiger partial charge in [-0.3, -0.25) is 0 Å². The summed E-state index contributed by atoms with van der Waals surface area (Å²) >= 11 is 6.04. The van der Waals surface area contributed by atoms with E-state index in [4.69, 9.17) is 0 Å². The minimum Gasteiger partial charge on any atom is -0.345 e. The van der Waals surface area contributed by atoms with Gasteiger partial charge >= 0.3 is 0 Å². The Bertz CT molecular complexity index is 521. The number of aromatic nitrogens is 1. The highest BCUT2D eigenvalue weighted by Crippen LogP contribution is 2.30. The Hall–Kier alpha value is -0.190. The lowest BCUT2D eigenvalue weighted by Crippen LogP contribution is -1.98. The number of hydrogen-bond acceptors (Lipinski definition) is 3. The maximum atomic E-state index is 2.42. The zero-order valence-corrected chi connectivity index (χ0v) is 14.8. The number of hydrogen-bond donors (Lipinski definition) is 0. The summed E-state index contributed by atoms with van der Waals surface area (Å²) in [5, 5.41) is 1.42. The molecule has 1 aromatic heterocycles. The van der Waals surface area contributed by atoms with Gasteiger partial charge < -0.3 is 4.57 Å². The molecule has 0 bridgehead atoms. The van der Waals surface area contributed by atoms with E-state index < -0.39 is 0 Å². The molecule has 0 N–H and O–H groups in total. The molecule has 1 nitrogen and oxygen atoms in total. The zero-order chi connectivity index (χ0) is 14.2. The van der Waals surface area contributed by atoms with Crippen LogP contribution in [0.1, 0.15) is 13.8 Å². The normalized spacial score (nSPS) is 11.3. The smallest absolute Gasteiger partial charge is 0.0492 e. The van der Waals surface area contributed by atoms with E-state index >= 15 is 0 Å². The number of aryl methyl sites for hydroxylation is 1. The van der Waals surface area contributed by atoms with Gasteiger partial charge in [0.1, 0.15) is 0 Å². The average Bonchev–Trinajstić information content (AvgIpc) is 2.83. The minimum absolute atomic E-state index is 1.11. The van der Waals surface area contributed by atoms with E-state index in [-0.39, 0.29) is 0 Å². The molecular formula is C16H23NS3. The highest BCUT2D eigenvalue weighted by atomic mass is 32.2. The second-order valence-corrected chi connectivity index (χ2v) is 8.37. The Labute approximate surface area is 135 Å². The van der Waals surface area contributed by atoms with Crippen molar-refractivity contribution in [1.82, 2.24) is 4.57 Å². The average molecular weight is 326 g/mol. The summed E-state index contributed by atoms with van der Waals surface area (Å²) in [6, 6.07) is 8.80. The summed E-state index contributed by atoms with van der Waals surface area (Å²) in [7, 11) is 0. The third-order valence-corrected chi connectivity index (χ3v) is 6.21. The lowest BCUT2D eigenvalue weighted by Gasteiger charge is -2.03. The van der Waals surface area contributed by atoms with Crippen LogP contribution in [0.4, 0.5) is 0 Å². The zero-order valence-electron chi connectivity index (χ0n) is 12.3. The van der Waals surface area contributed by atoms with E-state index in [1.807, 2.05) is 35.3 Å². The van der Waals surface area contributed by atoms with Crippen LogP contribution < -0.4 is 0 Å². The van der Waals surface area contributed by atoms with Crippen LogP contribution in [0.2, 0.25) is 0 Å². The van der Waals surface area contributed by atoms with Gasteiger partial charge in [0.25, 0.3) is 0 Å². The van der Waals surface area contributed by atoms with Gasteiger partial charge in [-0.25, -0.2) is 0 Å². The summed E-state index contributed by atoms with van der Waals surface area (Å²) in [6.45, 7) is 5.57. The van der Waals surface area contributed by atoms with E-state index in [0.717, 1.165) is 6.54 Å². The molecular weight excluding hydrogens is 302 g/mol. The van der Waals surface area contributed by atoms with E-state index in [0.29, 0.717) is 0 Å². The molecule has 0 radical (unpaired) electrons. The third-order valence-electron chi connectivity index (χ3n) is 3.12. The second kappa shape index (κ2) is 8.96. The summed E-state index contributed by atoms with van der Waals surface area (Å²) in [5.74, 6) is 6.07. The van der Waals surface area contributed by atoms with E-state index in [9.17, 15) is 0 Å². The number of fused-ring (bicyclic) bond motifs is 1. The molecule has 0 aliphatic carbocycles. The Balaban J connectivity index is 2.09. The molecule has 0 aliphatic heterocycles. The lowest BCUT2D eigenvalue weighted by molar-refractivity contribution is 0.801. The highest BCUT2D eigenvalue weighted by molar-refractivity contribution is 8.03. The maximum Gasteiger partial charge on any atom is 0.0492 e. The molecule has 0 aliphatic rings. The molecule has 1 heterocycles. The Morgan fingerprint density at radius 3 is 2.50 bits per heavy atom. The van der Waals surface area contributed by atoms with Crippen LogP contribution in [0.15, 0.2) is 35.4 Å². The van der Waals surface area contributed by atoms with E-state index in [1.54, 1.807) is 0 Å². The molecule has 1 aromatic carbocycles. The minimum atomic E-state index is 1.11. The SMILES string of the molecule is CCSCCSc1cn(CCSCC)c2ccccc12. The van der Waals surface area contributed by atoms with Gasteiger partial charge in [-0.05, 0) is 17.6 Å². The van der Waals surface area contributed by atoms with Crippen molar-refractivity contribution in [2.45, 2.75) is 25.3 Å². The van der Waals surface area contributed by atoms with Gasteiger partial charge in [-0.1, -0.05) is 32.0 Å². The lowest BCUT2D eigenvalue weighted by atomic mass is 10.2. The summed E-state index contributed by atoms with van der Waals surface area (Å²) in [6.07, 6.45) is 2.35. The molecule has 0 unspecified atom stereocenters. The van der Waals surface area contributed by atoms with Crippen LogP contribution in [0.5, 0.6) is 0 Å². The Kier molecular flexibility index (Phi) is 7.25. The van der Waals surface area contributed by atoms with Gasteiger partial charge in [-0.2, -0.15) is 23.5 Å². The Morgan fingerprint density at radius 2 is 1.70 bits per heavy atom. The van der Waals surface area contributed by atoms with E-state index in [1.165, 1.54) is 44.6 Å². The molecule has 0 atom stereocenters. The van der Waals surface area contributed by atoms with Crippen molar-refractivity contribution in [2.75, 3.05) is 28.8 Å². The van der Waals surface area contributed by atoms with Crippen molar-refractivity contribution in [3.05, 3.63) is 30.5 Å². The van der Waals surface area contributed by atoms with Crippen LogP contribution in [0.3, 0.4) is 0 Å². The fraction of sp³-hybridized carbons (Fsp3) is 0.500. The number of para-hydroxylation sites is 1. The summed E-state index contributed by atoms with van der Waals surface area (Å²) < 4.78 is 2.42. The molecule has 110 valence electrons. The van der Waals surface area contributed by atoms with E-state index in [2.05, 4.69) is 48.9 Å². The summed E-state index contributed by atoms with van der Waals surface area (Å²) in [5.41, 5.74) is 1.38. The van der Waals surface area contributed by atoms with Crippen LogP contribution in [-0.4, -0.2) is 33.3 Å². The van der Waals surface area contributed by atoms with Gasteiger partial charge in [0.15, 0.2) is 0 Å². The fourth-order valence-corrected chi connectivity index (χ4v) is 4.63. The van der Waals surface area contributed by atoms with Gasteiger partial charge in [0.2, 0.25) is 0 Å². The summed E-state index contributed by atoms with van der Waals surface area (Å²) in [4.78, 5) is 1.44. The molecule has 20 heavy (non-hydrogen) atoms. The van der Waals surface area contributed by atoms with Crippen LogP contribution in [0, 0.1) is 0 Å². The monoisotopic (exact) mass is 325 g/mol. The number of thioether (sulfide) groups is 3. The standard InChI is InChI=1S/C16H23NS3/c1-3-18-10-9-17-13-16(20-12-11-19-4-2)14-7-5-6-8-15(14)17/h5-8,13H,3-4,9-12H2,1-2H3. The van der Waals surface area contributed by atoms with Gasteiger partial charge in [-0.15, -0.1) is 11.8 Å². The van der Waals surface area contributed by atoms with Crippen molar-refractivity contribution in [2.24, 2.45) is 0 Å². The Morgan fingerprint density at radius 1 is 0.950 bits per heavy atom. The van der Waals surface area contributed by atoms with Crippen molar-refractivity contribution in [3.63, 3.8) is 0 Å². The van der Waals surface area contributed by atoms with Crippen molar-refractivity contribution >= 4 is 46.2 Å². The fourth-order valence-electron chi connectivity index (χ4n) is 2.18. The molecule has 0 spiro atoms. The molecule has 0 saturated heterocycles. The molecule has 2 rings (SSSR count). The predicted molar refractivity (Wildman–Crippen MR) is 98.7 cm³/mol. The van der Waals surface area contributed by atoms with Crippen molar-refractivity contribution < 1.29 is 0 Å². The third kappa shape index (κ3) is 4.40. The molecule has 4 heteroatoms. The van der Waals surface area contributed by atoms with Crippen LogP contribution in [0.25, 0.3) is 10.9 Å². The second-order valence-electron chi connectivity index (χ2n) is 4.45. The first-order valence-corrected chi connectivity index (χ1v) is 10.5. The van der Waals surface area contributed by atoms with Crippen LogP contribution in [-0.2, 0) is 6.54 Å². The predicted octanol–water partition coefficient (Wildman–Crippen LogP) is 5.24. The molecule has 0 saturated carbocycles. The van der Waals surface area contributed by atoms with Gasteiger partial charge in [0, 0.05) is 45.8 Å².